The molecule has 4 nitrogen and oxygen atoms in total. The van der Waals surface area contributed by atoms with Crippen molar-refractivity contribution in [1.82, 2.24) is 4.90 Å². The molecule has 0 spiro atoms. The van der Waals surface area contributed by atoms with E-state index in [4.69, 9.17) is 9.84 Å². The second-order valence-electron chi connectivity index (χ2n) is 4.90. The lowest BCUT2D eigenvalue weighted by molar-refractivity contribution is -0.141. The van der Waals surface area contributed by atoms with Gasteiger partial charge in [0, 0.05) is 18.6 Å². The molecular weight excluding hydrogens is 242 g/mol. The van der Waals surface area contributed by atoms with E-state index < -0.39 is 5.97 Å². The van der Waals surface area contributed by atoms with Crippen LogP contribution in [0.4, 0.5) is 0 Å². The molecule has 1 saturated heterocycles. The highest BCUT2D eigenvalue weighted by molar-refractivity contribution is 5.67. The Hall–Kier alpha value is -1.39. The summed E-state index contributed by atoms with van der Waals surface area (Å²) in [6.45, 7) is 4.13. The van der Waals surface area contributed by atoms with E-state index in [1.807, 2.05) is 18.2 Å². The van der Waals surface area contributed by atoms with Gasteiger partial charge in [0.15, 0.2) is 0 Å². The molecule has 1 aliphatic heterocycles. The summed E-state index contributed by atoms with van der Waals surface area (Å²) in [6.07, 6.45) is 1.11. The van der Waals surface area contributed by atoms with Gasteiger partial charge in [-0.1, -0.05) is 37.3 Å². The van der Waals surface area contributed by atoms with Gasteiger partial charge in [-0.15, -0.1) is 0 Å². The van der Waals surface area contributed by atoms with E-state index in [-0.39, 0.29) is 18.5 Å². The number of benzene rings is 1. The van der Waals surface area contributed by atoms with E-state index in [0.29, 0.717) is 13.2 Å². The SMILES string of the molecule is CCC(c1ccccc1)N1CCOCC1CC(=O)O. The summed E-state index contributed by atoms with van der Waals surface area (Å²) < 4.78 is 5.44. The number of nitrogens with zero attached hydrogens (tertiary/aromatic N) is 1. The van der Waals surface area contributed by atoms with Crippen molar-refractivity contribution in [2.24, 2.45) is 0 Å². The molecule has 0 radical (unpaired) electrons. The molecule has 0 bridgehead atoms. The van der Waals surface area contributed by atoms with E-state index in [1.54, 1.807) is 0 Å². The van der Waals surface area contributed by atoms with Crippen molar-refractivity contribution in [3.63, 3.8) is 0 Å². The Balaban J connectivity index is 2.17. The number of rotatable bonds is 5. The predicted molar refractivity (Wildman–Crippen MR) is 73.0 cm³/mol. The van der Waals surface area contributed by atoms with Gasteiger partial charge in [0.1, 0.15) is 0 Å². The summed E-state index contributed by atoms with van der Waals surface area (Å²) in [6, 6.07) is 10.5. The smallest absolute Gasteiger partial charge is 0.305 e. The van der Waals surface area contributed by atoms with Gasteiger partial charge in [-0.05, 0) is 12.0 Å². The fraction of sp³-hybridized carbons (Fsp3) is 0.533. The van der Waals surface area contributed by atoms with Gasteiger partial charge in [0.05, 0.1) is 19.6 Å². The van der Waals surface area contributed by atoms with Crippen LogP contribution in [0.2, 0.25) is 0 Å². The average Bonchev–Trinajstić information content (AvgIpc) is 2.42. The maximum Gasteiger partial charge on any atom is 0.305 e. The molecule has 0 aliphatic carbocycles. The van der Waals surface area contributed by atoms with Crippen LogP contribution in [0.15, 0.2) is 30.3 Å². The van der Waals surface area contributed by atoms with Crippen LogP contribution >= 0.6 is 0 Å². The third kappa shape index (κ3) is 3.55. The molecule has 0 aromatic heterocycles. The highest BCUT2D eigenvalue weighted by Gasteiger charge is 2.30. The van der Waals surface area contributed by atoms with E-state index in [1.165, 1.54) is 5.56 Å². The molecular formula is C15H21NO3. The van der Waals surface area contributed by atoms with Crippen molar-refractivity contribution in [1.29, 1.82) is 0 Å². The number of ether oxygens (including phenoxy) is 1. The lowest BCUT2D eigenvalue weighted by Crippen LogP contribution is -2.48. The van der Waals surface area contributed by atoms with E-state index in [0.717, 1.165) is 13.0 Å². The fourth-order valence-corrected chi connectivity index (χ4v) is 2.79. The van der Waals surface area contributed by atoms with Crippen LogP contribution in [0.5, 0.6) is 0 Å². The first kappa shape index (κ1) is 14.0. The van der Waals surface area contributed by atoms with Gasteiger partial charge in [0.25, 0.3) is 0 Å². The quantitative estimate of drug-likeness (QED) is 0.885. The minimum atomic E-state index is -0.761. The molecule has 1 heterocycles. The molecule has 1 N–H and O–H groups in total. The van der Waals surface area contributed by atoms with Gasteiger partial charge in [0.2, 0.25) is 0 Å². The number of morpholine rings is 1. The van der Waals surface area contributed by atoms with Crippen LogP contribution in [-0.2, 0) is 9.53 Å². The van der Waals surface area contributed by atoms with Crippen molar-refractivity contribution >= 4 is 5.97 Å². The van der Waals surface area contributed by atoms with Gasteiger partial charge >= 0.3 is 5.97 Å². The molecule has 0 saturated carbocycles. The largest absolute Gasteiger partial charge is 0.481 e. The van der Waals surface area contributed by atoms with E-state index in [2.05, 4.69) is 24.0 Å². The Morgan fingerprint density at radius 3 is 2.84 bits per heavy atom. The lowest BCUT2D eigenvalue weighted by Gasteiger charge is -2.40. The van der Waals surface area contributed by atoms with Crippen LogP contribution in [0, 0.1) is 0 Å². The van der Waals surface area contributed by atoms with Crippen molar-refractivity contribution in [3.8, 4) is 0 Å². The first-order chi connectivity index (χ1) is 9.22. The minimum Gasteiger partial charge on any atom is -0.481 e. The zero-order valence-corrected chi connectivity index (χ0v) is 11.3. The summed E-state index contributed by atoms with van der Waals surface area (Å²) in [5.41, 5.74) is 1.25. The molecule has 1 fully saturated rings. The number of carboxylic acid groups (broad SMARTS) is 1. The molecule has 1 aromatic carbocycles. The molecule has 19 heavy (non-hydrogen) atoms. The second kappa shape index (κ2) is 6.68. The molecule has 1 aromatic rings. The summed E-state index contributed by atoms with van der Waals surface area (Å²) in [7, 11) is 0. The highest BCUT2D eigenvalue weighted by atomic mass is 16.5. The van der Waals surface area contributed by atoms with Crippen LogP contribution in [0.25, 0.3) is 0 Å². The van der Waals surface area contributed by atoms with Crippen molar-refractivity contribution < 1.29 is 14.6 Å². The van der Waals surface area contributed by atoms with Crippen molar-refractivity contribution in [2.45, 2.75) is 31.8 Å². The molecule has 2 rings (SSSR count). The van der Waals surface area contributed by atoms with Gasteiger partial charge in [-0.2, -0.15) is 0 Å². The number of hydrogen-bond donors (Lipinski definition) is 1. The van der Waals surface area contributed by atoms with Gasteiger partial charge in [-0.3, -0.25) is 9.69 Å². The number of carboxylic acids is 1. The second-order valence-corrected chi connectivity index (χ2v) is 4.90. The molecule has 2 atom stereocenters. The molecule has 2 unspecified atom stereocenters. The Morgan fingerprint density at radius 1 is 1.47 bits per heavy atom. The van der Waals surface area contributed by atoms with Crippen LogP contribution in [0.3, 0.4) is 0 Å². The molecule has 0 amide bonds. The maximum atomic E-state index is 11.0. The summed E-state index contributed by atoms with van der Waals surface area (Å²) >= 11 is 0. The normalized spacial score (nSPS) is 22.1. The maximum absolute atomic E-state index is 11.0. The Labute approximate surface area is 114 Å². The van der Waals surface area contributed by atoms with Crippen LogP contribution in [0.1, 0.15) is 31.4 Å². The Kier molecular flexibility index (Phi) is 4.93. The third-order valence-corrected chi connectivity index (χ3v) is 3.65. The molecule has 4 heteroatoms. The van der Waals surface area contributed by atoms with Crippen molar-refractivity contribution in [2.75, 3.05) is 19.8 Å². The molecule has 104 valence electrons. The lowest BCUT2D eigenvalue weighted by atomic mass is 9.99. The monoisotopic (exact) mass is 263 g/mol. The first-order valence-electron chi connectivity index (χ1n) is 6.82. The van der Waals surface area contributed by atoms with E-state index in [9.17, 15) is 4.79 Å². The van der Waals surface area contributed by atoms with Crippen LogP contribution < -0.4 is 0 Å². The Bertz CT molecular complexity index is 407. The minimum absolute atomic E-state index is 0.0311. The zero-order chi connectivity index (χ0) is 13.7. The number of carbonyl (C=O) groups is 1. The first-order valence-corrected chi connectivity index (χ1v) is 6.82. The average molecular weight is 263 g/mol. The van der Waals surface area contributed by atoms with Crippen molar-refractivity contribution in [3.05, 3.63) is 35.9 Å². The standard InChI is InChI=1S/C15H21NO3/c1-2-14(12-6-4-3-5-7-12)16-8-9-19-11-13(16)10-15(17)18/h3-7,13-14H,2,8-11H2,1H3,(H,17,18). The summed E-state index contributed by atoms with van der Waals surface area (Å²) in [5, 5.41) is 9.03. The van der Waals surface area contributed by atoms with E-state index >= 15 is 0 Å². The number of aliphatic carboxylic acids is 1. The third-order valence-electron chi connectivity index (χ3n) is 3.65. The fourth-order valence-electron chi connectivity index (χ4n) is 2.79. The molecule has 1 aliphatic rings. The van der Waals surface area contributed by atoms with Gasteiger partial charge in [-0.25, -0.2) is 0 Å². The summed E-state index contributed by atoms with van der Waals surface area (Å²) in [5.74, 6) is -0.761. The number of hydrogen-bond acceptors (Lipinski definition) is 3. The zero-order valence-electron chi connectivity index (χ0n) is 11.3. The topological polar surface area (TPSA) is 49.8 Å². The van der Waals surface area contributed by atoms with Crippen LogP contribution in [-0.4, -0.2) is 41.8 Å². The highest BCUT2D eigenvalue weighted by Crippen LogP contribution is 2.28. The summed E-state index contributed by atoms with van der Waals surface area (Å²) in [4.78, 5) is 13.3. The Morgan fingerprint density at radius 2 is 2.21 bits per heavy atom. The van der Waals surface area contributed by atoms with Gasteiger partial charge < -0.3 is 9.84 Å². The predicted octanol–water partition coefficient (Wildman–Crippen LogP) is 2.31.